The molecule has 2 N–H and O–H groups in total. The van der Waals surface area contributed by atoms with E-state index in [0.29, 0.717) is 17.1 Å². The average molecular weight is 379 g/mol. The summed E-state index contributed by atoms with van der Waals surface area (Å²) in [4.78, 5) is 26.8. The molecular formula is C18H19ClN2O5. The molecule has 2 aromatic rings. The number of halogens is 1. The molecule has 0 aliphatic carbocycles. The van der Waals surface area contributed by atoms with Gasteiger partial charge in [0.2, 0.25) is 0 Å². The number of carbonyl (C=O) groups excluding carboxylic acids is 1. The summed E-state index contributed by atoms with van der Waals surface area (Å²) in [5, 5.41) is 11.8. The Labute approximate surface area is 155 Å². The van der Waals surface area contributed by atoms with Gasteiger partial charge in [-0.05, 0) is 24.1 Å². The van der Waals surface area contributed by atoms with E-state index >= 15 is 0 Å². The van der Waals surface area contributed by atoms with Crippen LogP contribution in [-0.4, -0.2) is 35.4 Å². The van der Waals surface area contributed by atoms with Crippen molar-refractivity contribution < 1.29 is 24.2 Å². The zero-order valence-corrected chi connectivity index (χ0v) is 14.7. The number of hydrogen-bond donors (Lipinski definition) is 2. The highest BCUT2D eigenvalue weighted by molar-refractivity contribution is 6.30. The Bertz CT molecular complexity index is 727. The van der Waals surface area contributed by atoms with Gasteiger partial charge in [0.15, 0.2) is 0 Å². The molecule has 0 saturated carbocycles. The lowest BCUT2D eigenvalue weighted by Gasteiger charge is -2.18. The predicted molar refractivity (Wildman–Crippen MR) is 94.8 cm³/mol. The molecule has 8 heteroatoms. The standard InChI is InChI=1S/C18H19ClN2O5/c19-14-6-8-20-16(10-14)15(7-9-25-12-17(22)23)21-18(24)26-11-13-4-2-1-3-5-13/h1-6,8,10,15H,7,9,11-12H2,(H,21,24)(H,22,23). The van der Waals surface area contributed by atoms with Gasteiger partial charge in [-0.25, -0.2) is 9.59 Å². The number of carboxylic acids is 1. The molecule has 1 aromatic heterocycles. The summed E-state index contributed by atoms with van der Waals surface area (Å²) < 4.78 is 10.2. The molecule has 1 amide bonds. The molecule has 0 aliphatic heterocycles. The van der Waals surface area contributed by atoms with Crippen LogP contribution >= 0.6 is 11.6 Å². The van der Waals surface area contributed by atoms with E-state index in [4.69, 9.17) is 26.2 Å². The molecule has 7 nitrogen and oxygen atoms in total. The first-order chi connectivity index (χ1) is 12.5. The highest BCUT2D eigenvalue weighted by Gasteiger charge is 2.17. The molecule has 1 heterocycles. The van der Waals surface area contributed by atoms with Crippen LogP contribution in [0.5, 0.6) is 0 Å². The van der Waals surface area contributed by atoms with Gasteiger partial charge in [-0.15, -0.1) is 0 Å². The summed E-state index contributed by atoms with van der Waals surface area (Å²) in [6, 6.07) is 12.0. The summed E-state index contributed by atoms with van der Waals surface area (Å²) in [6.45, 7) is -0.143. The van der Waals surface area contributed by atoms with Gasteiger partial charge in [0.1, 0.15) is 13.2 Å². The molecule has 2 rings (SSSR count). The minimum absolute atomic E-state index is 0.129. The summed E-state index contributed by atoms with van der Waals surface area (Å²) in [7, 11) is 0. The molecular weight excluding hydrogens is 360 g/mol. The van der Waals surface area contributed by atoms with Crippen molar-refractivity contribution in [2.45, 2.75) is 19.1 Å². The Morgan fingerprint density at radius 1 is 1.23 bits per heavy atom. The van der Waals surface area contributed by atoms with Gasteiger partial charge in [0.25, 0.3) is 0 Å². The van der Waals surface area contributed by atoms with Crippen LogP contribution in [0.3, 0.4) is 0 Å². The Balaban J connectivity index is 1.93. The van der Waals surface area contributed by atoms with Crippen molar-refractivity contribution in [2.75, 3.05) is 13.2 Å². The number of aliphatic carboxylic acids is 1. The number of pyridine rings is 1. The molecule has 138 valence electrons. The van der Waals surface area contributed by atoms with E-state index in [1.807, 2.05) is 30.3 Å². The van der Waals surface area contributed by atoms with E-state index in [0.717, 1.165) is 5.56 Å². The van der Waals surface area contributed by atoms with E-state index < -0.39 is 24.7 Å². The van der Waals surface area contributed by atoms with Gasteiger partial charge in [-0.2, -0.15) is 0 Å². The van der Waals surface area contributed by atoms with Crippen molar-refractivity contribution in [3.63, 3.8) is 0 Å². The topological polar surface area (TPSA) is 97.8 Å². The lowest BCUT2D eigenvalue weighted by atomic mass is 10.1. The van der Waals surface area contributed by atoms with Crippen LogP contribution in [0.25, 0.3) is 0 Å². The predicted octanol–water partition coefficient (Wildman–Crippen LogP) is 3.19. The smallest absolute Gasteiger partial charge is 0.408 e. The third-order valence-electron chi connectivity index (χ3n) is 3.38. The van der Waals surface area contributed by atoms with Crippen molar-refractivity contribution in [2.24, 2.45) is 0 Å². The Morgan fingerprint density at radius 3 is 2.69 bits per heavy atom. The fourth-order valence-corrected chi connectivity index (χ4v) is 2.34. The maximum absolute atomic E-state index is 12.1. The Kier molecular flexibility index (Phi) is 7.85. The Morgan fingerprint density at radius 2 is 2.00 bits per heavy atom. The van der Waals surface area contributed by atoms with Gasteiger partial charge >= 0.3 is 12.1 Å². The molecule has 0 saturated heterocycles. The van der Waals surface area contributed by atoms with Crippen molar-refractivity contribution >= 4 is 23.7 Å². The lowest BCUT2D eigenvalue weighted by molar-refractivity contribution is -0.142. The second kappa shape index (κ2) is 10.4. The molecule has 0 bridgehead atoms. The molecule has 0 spiro atoms. The van der Waals surface area contributed by atoms with Crippen LogP contribution in [0.2, 0.25) is 5.02 Å². The number of hydrogen-bond acceptors (Lipinski definition) is 5. The van der Waals surface area contributed by atoms with E-state index in [-0.39, 0.29) is 13.2 Å². The van der Waals surface area contributed by atoms with Crippen LogP contribution in [0, 0.1) is 0 Å². The van der Waals surface area contributed by atoms with Crippen LogP contribution in [0.4, 0.5) is 4.79 Å². The van der Waals surface area contributed by atoms with Crippen molar-refractivity contribution in [1.82, 2.24) is 10.3 Å². The van der Waals surface area contributed by atoms with Crippen molar-refractivity contribution in [3.8, 4) is 0 Å². The molecule has 1 atom stereocenters. The van der Waals surface area contributed by atoms with Gasteiger partial charge in [-0.1, -0.05) is 41.9 Å². The van der Waals surface area contributed by atoms with Crippen molar-refractivity contribution in [1.29, 1.82) is 0 Å². The molecule has 0 radical (unpaired) electrons. The fourth-order valence-electron chi connectivity index (χ4n) is 2.17. The highest BCUT2D eigenvalue weighted by atomic mass is 35.5. The first kappa shape index (κ1) is 19.7. The first-order valence-electron chi connectivity index (χ1n) is 7.93. The molecule has 0 aliphatic rings. The van der Waals surface area contributed by atoms with Gasteiger partial charge in [0, 0.05) is 17.8 Å². The number of nitrogens with one attached hydrogen (secondary N) is 1. The van der Waals surface area contributed by atoms with Gasteiger partial charge < -0.3 is 19.9 Å². The van der Waals surface area contributed by atoms with Crippen LogP contribution in [0.15, 0.2) is 48.7 Å². The van der Waals surface area contributed by atoms with E-state index in [9.17, 15) is 9.59 Å². The fraction of sp³-hybridized carbons (Fsp3) is 0.278. The van der Waals surface area contributed by atoms with Crippen LogP contribution in [0.1, 0.15) is 23.7 Å². The summed E-state index contributed by atoms with van der Waals surface area (Å²) in [6.07, 6.45) is 1.24. The van der Waals surface area contributed by atoms with Gasteiger partial charge in [0.05, 0.1) is 11.7 Å². The molecule has 1 aromatic carbocycles. The third kappa shape index (κ3) is 7.08. The number of benzene rings is 1. The van der Waals surface area contributed by atoms with E-state index in [1.54, 1.807) is 12.1 Å². The van der Waals surface area contributed by atoms with E-state index in [1.165, 1.54) is 6.20 Å². The maximum atomic E-state index is 12.1. The quantitative estimate of drug-likeness (QED) is 0.650. The zero-order valence-electron chi connectivity index (χ0n) is 13.9. The summed E-state index contributed by atoms with van der Waals surface area (Å²) >= 11 is 5.98. The largest absolute Gasteiger partial charge is 0.480 e. The number of rotatable bonds is 9. The number of aromatic nitrogens is 1. The number of carboxylic acid groups (broad SMARTS) is 1. The van der Waals surface area contributed by atoms with Crippen LogP contribution < -0.4 is 5.32 Å². The average Bonchev–Trinajstić information content (AvgIpc) is 2.63. The van der Waals surface area contributed by atoms with Gasteiger partial charge in [-0.3, -0.25) is 4.98 Å². The summed E-state index contributed by atoms with van der Waals surface area (Å²) in [5.41, 5.74) is 1.40. The highest BCUT2D eigenvalue weighted by Crippen LogP contribution is 2.18. The second-order valence-electron chi connectivity index (χ2n) is 5.39. The molecule has 0 fully saturated rings. The molecule has 1 unspecified atom stereocenters. The minimum atomic E-state index is -1.06. The number of ether oxygens (including phenoxy) is 2. The Hall–Kier alpha value is -2.64. The normalized spacial score (nSPS) is 11.6. The summed E-state index contributed by atoms with van der Waals surface area (Å²) in [5.74, 6) is -1.06. The number of amides is 1. The number of alkyl carbamates (subject to hydrolysis) is 1. The van der Waals surface area contributed by atoms with Crippen LogP contribution in [-0.2, 0) is 20.9 Å². The zero-order chi connectivity index (χ0) is 18.8. The minimum Gasteiger partial charge on any atom is -0.480 e. The number of nitrogens with zero attached hydrogens (tertiary/aromatic N) is 1. The second-order valence-corrected chi connectivity index (χ2v) is 5.83. The van der Waals surface area contributed by atoms with E-state index in [2.05, 4.69) is 10.3 Å². The third-order valence-corrected chi connectivity index (χ3v) is 3.62. The lowest BCUT2D eigenvalue weighted by Crippen LogP contribution is -2.30. The SMILES string of the molecule is O=C(O)COCCC(NC(=O)OCc1ccccc1)c1cc(Cl)ccn1. The maximum Gasteiger partial charge on any atom is 0.408 e. The monoisotopic (exact) mass is 378 g/mol. The van der Waals surface area contributed by atoms with Crippen molar-refractivity contribution in [3.05, 3.63) is 64.9 Å². The number of carbonyl (C=O) groups is 2. The first-order valence-corrected chi connectivity index (χ1v) is 8.30. The molecule has 26 heavy (non-hydrogen) atoms.